The van der Waals surface area contributed by atoms with E-state index in [0.29, 0.717) is 4.99 Å². The van der Waals surface area contributed by atoms with Gasteiger partial charge in [0, 0.05) is 5.41 Å². The van der Waals surface area contributed by atoms with Gasteiger partial charge in [-0.05, 0) is 38.9 Å². The molecule has 0 radical (unpaired) electrons. The molecular weight excluding hydrogens is 180 g/mol. The molecule has 1 aliphatic heterocycles. The van der Waals surface area contributed by atoms with Gasteiger partial charge in [-0.2, -0.15) is 0 Å². The standard InChI is InChI=1S/C10H20N2S/c1-3-6-12-7-4-10(2,5-8-12)9(11)13/h3-8H2,1-2H3,(H2,11,13). The molecule has 3 heteroatoms. The van der Waals surface area contributed by atoms with E-state index in [2.05, 4.69) is 18.7 Å². The maximum Gasteiger partial charge on any atom is 0.0788 e. The first kappa shape index (κ1) is 10.9. The summed E-state index contributed by atoms with van der Waals surface area (Å²) in [7, 11) is 0. The highest BCUT2D eigenvalue weighted by molar-refractivity contribution is 7.80. The predicted octanol–water partition coefficient (Wildman–Crippen LogP) is 1.78. The van der Waals surface area contributed by atoms with Crippen LogP contribution in [0.4, 0.5) is 0 Å². The van der Waals surface area contributed by atoms with Crippen molar-refractivity contribution in [2.24, 2.45) is 11.1 Å². The molecule has 76 valence electrons. The van der Waals surface area contributed by atoms with Gasteiger partial charge in [0.05, 0.1) is 4.99 Å². The Hall–Kier alpha value is -0.150. The summed E-state index contributed by atoms with van der Waals surface area (Å²) in [5, 5.41) is 0. The molecule has 0 bridgehead atoms. The topological polar surface area (TPSA) is 29.3 Å². The number of thiocarbonyl (C=S) groups is 1. The van der Waals surface area contributed by atoms with Crippen LogP contribution in [0.3, 0.4) is 0 Å². The van der Waals surface area contributed by atoms with Gasteiger partial charge in [-0.3, -0.25) is 0 Å². The molecule has 0 atom stereocenters. The normalized spacial score (nSPS) is 22.9. The van der Waals surface area contributed by atoms with Crippen LogP contribution in [0.25, 0.3) is 0 Å². The van der Waals surface area contributed by atoms with Crippen molar-refractivity contribution in [3.8, 4) is 0 Å². The Balaban J connectivity index is 2.42. The number of nitrogens with zero attached hydrogens (tertiary/aromatic N) is 1. The van der Waals surface area contributed by atoms with Crippen LogP contribution in [0, 0.1) is 5.41 Å². The fourth-order valence-corrected chi connectivity index (χ4v) is 2.04. The lowest BCUT2D eigenvalue weighted by molar-refractivity contribution is 0.165. The highest BCUT2D eigenvalue weighted by Gasteiger charge is 2.32. The van der Waals surface area contributed by atoms with Gasteiger partial charge in [0.25, 0.3) is 0 Å². The molecule has 1 aliphatic rings. The molecule has 0 aromatic rings. The molecule has 2 N–H and O–H groups in total. The quantitative estimate of drug-likeness (QED) is 0.704. The Kier molecular flexibility index (Phi) is 3.68. The maximum atomic E-state index is 5.73. The van der Waals surface area contributed by atoms with Gasteiger partial charge in [0.2, 0.25) is 0 Å². The van der Waals surface area contributed by atoms with Crippen molar-refractivity contribution in [2.75, 3.05) is 19.6 Å². The van der Waals surface area contributed by atoms with Gasteiger partial charge in [0.1, 0.15) is 0 Å². The van der Waals surface area contributed by atoms with E-state index in [0.717, 1.165) is 25.9 Å². The number of rotatable bonds is 3. The third kappa shape index (κ3) is 2.64. The number of hydrogen-bond donors (Lipinski definition) is 1. The molecule has 0 aliphatic carbocycles. The summed E-state index contributed by atoms with van der Waals surface area (Å²) in [5.41, 5.74) is 5.86. The summed E-state index contributed by atoms with van der Waals surface area (Å²) >= 11 is 5.09. The van der Waals surface area contributed by atoms with Crippen molar-refractivity contribution < 1.29 is 0 Å². The summed E-state index contributed by atoms with van der Waals surface area (Å²) in [5.74, 6) is 0. The second-order valence-electron chi connectivity index (χ2n) is 4.27. The highest BCUT2D eigenvalue weighted by atomic mass is 32.1. The van der Waals surface area contributed by atoms with Crippen molar-refractivity contribution in [1.29, 1.82) is 0 Å². The second-order valence-corrected chi connectivity index (χ2v) is 4.71. The molecule has 1 fully saturated rings. The van der Waals surface area contributed by atoms with Crippen molar-refractivity contribution in [2.45, 2.75) is 33.1 Å². The third-order valence-electron chi connectivity index (χ3n) is 3.09. The predicted molar refractivity (Wildman–Crippen MR) is 60.9 cm³/mol. The minimum Gasteiger partial charge on any atom is -0.393 e. The van der Waals surface area contributed by atoms with Crippen LogP contribution in [-0.4, -0.2) is 29.5 Å². The van der Waals surface area contributed by atoms with E-state index in [-0.39, 0.29) is 5.41 Å². The van der Waals surface area contributed by atoms with Crippen LogP contribution in [0.1, 0.15) is 33.1 Å². The maximum absolute atomic E-state index is 5.73. The van der Waals surface area contributed by atoms with Gasteiger partial charge in [-0.15, -0.1) is 0 Å². The van der Waals surface area contributed by atoms with Crippen LogP contribution in [0.15, 0.2) is 0 Å². The lowest BCUT2D eigenvalue weighted by atomic mass is 9.80. The van der Waals surface area contributed by atoms with Crippen LogP contribution in [0.2, 0.25) is 0 Å². The zero-order valence-electron chi connectivity index (χ0n) is 8.68. The van der Waals surface area contributed by atoms with E-state index in [4.69, 9.17) is 18.0 Å². The molecule has 0 unspecified atom stereocenters. The molecule has 13 heavy (non-hydrogen) atoms. The van der Waals surface area contributed by atoms with E-state index in [1.807, 2.05) is 0 Å². The first-order valence-corrected chi connectivity index (χ1v) is 5.51. The van der Waals surface area contributed by atoms with Gasteiger partial charge >= 0.3 is 0 Å². The Morgan fingerprint density at radius 1 is 1.46 bits per heavy atom. The Bertz CT molecular complexity index is 183. The minimum absolute atomic E-state index is 0.125. The van der Waals surface area contributed by atoms with Gasteiger partial charge in [-0.25, -0.2) is 0 Å². The van der Waals surface area contributed by atoms with Crippen molar-refractivity contribution in [3.63, 3.8) is 0 Å². The smallest absolute Gasteiger partial charge is 0.0788 e. The number of hydrogen-bond acceptors (Lipinski definition) is 2. The van der Waals surface area contributed by atoms with E-state index >= 15 is 0 Å². The minimum atomic E-state index is 0.125. The average Bonchev–Trinajstić information content (AvgIpc) is 2.09. The molecule has 0 amide bonds. The second kappa shape index (κ2) is 4.38. The molecule has 2 nitrogen and oxygen atoms in total. The Morgan fingerprint density at radius 2 is 2.00 bits per heavy atom. The van der Waals surface area contributed by atoms with Gasteiger partial charge in [-0.1, -0.05) is 26.1 Å². The molecule has 0 aromatic carbocycles. The Labute approximate surface area is 86.5 Å². The summed E-state index contributed by atoms with van der Waals surface area (Å²) in [6.07, 6.45) is 3.49. The van der Waals surface area contributed by atoms with Gasteiger partial charge < -0.3 is 10.6 Å². The van der Waals surface area contributed by atoms with E-state index in [9.17, 15) is 0 Å². The van der Waals surface area contributed by atoms with E-state index < -0.39 is 0 Å². The third-order valence-corrected chi connectivity index (χ3v) is 3.59. The number of likely N-dealkylation sites (tertiary alicyclic amines) is 1. The molecular formula is C10H20N2S. The monoisotopic (exact) mass is 200 g/mol. The first-order chi connectivity index (χ1) is 6.08. The van der Waals surface area contributed by atoms with E-state index in [1.165, 1.54) is 13.0 Å². The molecule has 1 saturated heterocycles. The summed E-state index contributed by atoms with van der Waals surface area (Å²) in [6.45, 7) is 7.94. The molecule has 0 spiro atoms. The average molecular weight is 200 g/mol. The van der Waals surface area contributed by atoms with Crippen LogP contribution in [0.5, 0.6) is 0 Å². The zero-order valence-corrected chi connectivity index (χ0v) is 9.49. The number of nitrogens with two attached hydrogens (primary N) is 1. The molecule has 0 aromatic heterocycles. The lowest BCUT2D eigenvalue weighted by Gasteiger charge is -2.38. The zero-order chi connectivity index (χ0) is 9.90. The van der Waals surface area contributed by atoms with Crippen LogP contribution in [-0.2, 0) is 0 Å². The van der Waals surface area contributed by atoms with Gasteiger partial charge in [0.15, 0.2) is 0 Å². The van der Waals surface area contributed by atoms with Crippen LogP contribution < -0.4 is 5.73 Å². The number of piperidine rings is 1. The fourth-order valence-electron chi connectivity index (χ4n) is 1.83. The molecule has 1 heterocycles. The first-order valence-electron chi connectivity index (χ1n) is 5.11. The molecule has 1 rings (SSSR count). The Morgan fingerprint density at radius 3 is 2.38 bits per heavy atom. The van der Waals surface area contributed by atoms with Crippen LogP contribution >= 0.6 is 12.2 Å². The highest BCUT2D eigenvalue weighted by Crippen LogP contribution is 2.30. The molecule has 0 saturated carbocycles. The van der Waals surface area contributed by atoms with E-state index in [1.54, 1.807) is 0 Å². The lowest BCUT2D eigenvalue weighted by Crippen LogP contribution is -2.44. The van der Waals surface area contributed by atoms with Crippen molar-refractivity contribution in [1.82, 2.24) is 4.90 Å². The summed E-state index contributed by atoms with van der Waals surface area (Å²) in [6, 6.07) is 0. The van der Waals surface area contributed by atoms with Crippen molar-refractivity contribution >= 4 is 17.2 Å². The SMILES string of the molecule is CCCN1CCC(C)(C(N)=S)CC1. The van der Waals surface area contributed by atoms with Crippen molar-refractivity contribution in [3.05, 3.63) is 0 Å². The fraction of sp³-hybridized carbons (Fsp3) is 0.900. The summed E-state index contributed by atoms with van der Waals surface area (Å²) < 4.78 is 0. The summed E-state index contributed by atoms with van der Waals surface area (Å²) in [4.78, 5) is 3.20. The largest absolute Gasteiger partial charge is 0.393 e.